The predicted octanol–water partition coefficient (Wildman–Crippen LogP) is 5.03. The summed E-state index contributed by atoms with van der Waals surface area (Å²) >= 11 is 13.4. The van der Waals surface area contributed by atoms with E-state index >= 15 is 0 Å². The number of carbonyl (C=O) groups is 2. The highest BCUT2D eigenvalue weighted by Crippen LogP contribution is 2.26. The van der Waals surface area contributed by atoms with E-state index in [1.165, 1.54) is 24.2 Å². The largest absolute Gasteiger partial charge is 0.352 e. The SMILES string of the molecule is CC(C)[C@H](NC(=O)c1ccc(Cl)cc1Cl)c1nc(SCC(=O)N[C@@H]2CCCC[C@@H]2C)n[nH]1. The maximum absolute atomic E-state index is 12.7. The van der Waals surface area contributed by atoms with Crippen molar-refractivity contribution in [2.24, 2.45) is 11.8 Å². The zero-order valence-electron chi connectivity index (χ0n) is 18.5. The minimum Gasteiger partial charge on any atom is -0.352 e. The molecule has 0 radical (unpaired) electrons. The van der Waals surface area contributed by atoms with Crippen molar-refractivity contribution >= 4 is 46.8 Å². The van der Waals surface area contributed by atoms with Crippen molar-refractivity contribution in [3.8, 4) is 0 Å². The van der Waals surface area contributed by atoms with Gasteiger partial charge in [-0.1, -0.05) is 68.6 Å². The predicted molar refractivity (Wildman–Crippen MR) is 128 cm³/mol. The molecule has 3 N–H and O–H groups in total. The first-order valence-corrected chi connectivity index (χ1v) is 12.6. The molecule has 1 aromatic heterocycles. The molecule has 174 valence electrons. The number of H-pyrrole nitrogens is 1. The van der Waals surface area contributed by atoms with Crippen LogP contribution in [0, 0.1) is 11.8 Å². The topological polar surface area (TPSA) is 99.8 Å². The Morgan fingerprint density at radius 2 is 2.00 bits per heavy atom. The second-order valence-electron chi connectivity index (χ2n) is 8.55. The fourth-order valence-corrected chi connectivity index (χ4v) is 4.93. The number of nitrogens with one attached hydrogen (secondary N) is 3. The Balaban J connectivity index is 1.58. The van der Waals surface area contributed by atoms with E-state index in [0.29, 0.717) is 27.5 Å². The minimum absolute atomic E-state index is 0.00815. The summed E-state index contributed by atoms with van der Waals surface area (Å²) in [6.45, 7) is 6.14. The highest BCUT2D eigenvalue weighted by Gasteiger charge is 2.25. The summed E-state index contributed by atoms with van der Waals surface area (Å²) in [5, 5.41) is 14.4. The summed E-state index contributed by atoms with van der Waals surface area (Å²) in [5.41, 5.74) is 0.337. The highest BCUT2D eigenvalue weighted by atomic mass is 35.5. The summed E-state index contributed by atoms with van der Waals surface area (Å²) < 4.78 is 0. The number of amides is 2. The summed E-state index contributed by atoms with van der Waals surface area (Å²) in [5.74, 6) is 1.01. The van der Waals surface area contributed by atoms with Gasteiger partial charge >= 0.3 is 0 Å². The maximum Gasteiger partial charge on any atom is 0.253 e. The van der Waals surface area contributed by atoms with Crippen molar-refractivity contribution in [2.75, 3.05) is 5.75 Å². The van der Waals surface area contributed by atoms with E-state index in [9.17, 15) is 9.59 Å². The molecule has 1 aromatic carbocycles. The zero-order valence-corrected chi connectivity index (χ0v) is 20.8. The van der Waals surface area contributed by atoms with Crippen LogP contribution in [0.2, 0.25) is 10.0 Å². The van der Waals surface area contributed by atoms with Crippen LogP contribution >= 0.6 is 35.0 Å². The smallest absolute Gasteiger partial charge is 0.253 e. The molecule has 10 heteroatoms. The van der Waals surface area contributed by atoms with Gasteiger partial charge in [-0.25, -0.2) is 4.98 Å². The molecule has 1 fully saturated rings. The lowest BCUT2D eigenvalue weighted by Gasteiger charge is -2.29. The average Bonchev–Trinajstić information content (AvgIpc) is 3.20. The van der Waals surface area contributed by atoms with Gasteiger partial charge in [0, 0.05) is 11.1 Å². The van der Waals surface area contributed by atoms with Crippen LogP contribution in [0.5, 0.6) is 0 Å². The molecule has 0 saturated heterocycles. The number of nitrogens with zero attached hydrogens (tertiary/aromatic N) is 2. The molecule has 1 aliphatic rings. The number of thioether (sulfide) groups is 1. The van der Waals surface area contributed by atoms with Crippen molar-refractivity contribution in [2.45, 2.75) is 63.7 Å². The minimum atomic E-state index is -0.395. The van der Waals surface area contributed by atoms with Gasteiger partial charge in [0.2, 0.25) is 11.1 Å². The molecular formula is C22H29Cl2N5O2S. The molecule has 1 saturated carbocycles. The van der Waals surface area contributed by atoms with Crippen LogP contribution in [0.25, 0.3) is 0 Å². The van der Waals surface area contributed by atoms with Gasteiger partial charge in [-0.3, -0.25) is 14.7 Å². The average molecular weight is 498 g/mol. The lowest BCUT2D eigenvalue weighted by atomic mass is 9.86. The van der Waals surface area contributed by atoms with Crippen molar-refractivity contribution < 1.29 is 9.59 Å². The molecule has 0 spiro atoms. The fourth-order valence-electron chi connectivity index (χ4n) is 3.81. The van der Waals surface area contributed by atoms with Gasteiger partial charge in [-0.05, 0) is 42.9 Å². The van der Waals surface area contributed by atoms with E-state index < -0.39 is 6.04 Å². The van der Waals surface area contributed by atoms with Crippen molar-refractivity contribution in [3.05, 3.63) is 39.6 Å². The molecule has 3 rings (SSSR count). The summed E-state index contributed by atoms with van der Waals surface area (Å²) in [7, 11) is 0. The molecule has 1 aliphatic carbocycles. The van der Waals surface area contributed by atoms with Crippen LogP contribution in [0.3, 0.4) is 0 Å². The highest BCUT2D eigenvalue weighted by molar-refractivity contribution is 7.99. The van der Waals surface area contributed by atoms with Crippen molar-refractivity contribution in [1.29, 1.82) is 0 Å². The third-order valence-corrected chi connectivity index (χ3v) is 7.09. The van der Waals surface area contributed by atoms with E-state index in [0.717, 1.165) is 19.3 Å². The Hall–Kier alpha value is -1.77. The van der Waals surface area contributed by atoms with Gasteiger partial charge in [0.05, 0.1) is 22.4 Å². The molecule has 32 heavy (non-hydrogen) atoms. The molecule has 2 aromatic rings. The van der Waals surface area contributed by atoms with Gasteiger partial charge < -0.3 is 10.6 Å². The number of aromatic amines is 1. The quantitative estimate of drug-likeness (QED) is 0.444. The number of hydrogen-bond acceptors (Lipinski definition) is 5. The number of halogens is 2. The maximum atomic E-state index is 12.7. The summed E-state index contributed by atoms with van der Waals surface area (Å²) in [4.78, 5) is 29.6. The Morgan fingerprint density at radius 1 is 1.25 bits per heavy atom. The van der Waals surface area contributed by atoms with Crippen LogP contribution in [-0.2, 0) is 4.79 Å². The Bertz CT molecular complexity index is 952. The van der Waals surface area contributed by atoms with E-state index in [-0.39, 0.29) is 34.5 Å². The van der Waals surface area contributed by atoms with Crippen LogP contribution < -0.4 is 10.6 Å². The van der Waals surface area contributed by atoms with E-state index in [2.05, 4.69) is 32.7 Å². The molecular weight excluding hydrogens is 469 g/mol. The molecule has 7 nitrogen and oxygen atoms in total. The first-order chi connectivity index (χ1) is 15.2. The van der Waals surface area contributed by atoms with Crippen LogP contribution in [0.1, 0.15) is 68.7 Å². The third-order valence-electron chi connectivity index (χ3n) is 5.70. The number of rotatable bonds is 8. The van der Waals surface area contributed by atoms with Gasteiger partial charge in [0.15, 0.2) is 0 Å². The first kappa shape index (κ1) is 24.9. The lowest BCUT2D eigenvalue weighted by molar-refractivity contribution is -0.119. The van der Waals surface area contributed by atoms with Crippen molar-refractivity contribution in [1.82, 2.24) is 25.8 Å². The number of hydrogen-bond donors (Lipinski definition) is 3. The Morgan fingerprint density at radius 3 is 2.69 bits per heavy atom. The van der Waals surface area contributed by atoms with E-state index in [1.54, 1.807) is 12.1 Å². The van der Waals surface area contributed by atoms with Gasteiger partial charge in [-0.2, -0.15) is 0 Å². The van der Waals surface area contributed by atoms with Crippen LogP contribution in [0.4, 0.5) is 0 Å². The second kappa shape index (κ2) is 11.4. The number of carbonyl (C=O) groups excluding carboxylic acids is 2. The standard InChI is InChI=1S/C22H29Cl2N5O2S/c1-12(2)19(26-21(31)15-9-8-14(23)10-16(15)24)20-27-22(29-28-20)32-11-18(30)25-17-7-5-4-6-13(17)3/h8-10,12-13,17,19H,4-7,11H2,1-3H3,(H,25,30)(H,26,31)(H,27,28,29)/t13-,17+,19-/m0/s1. The lowest BCUT2D eigenvalue weighted by Crippen LogP contribution is -2.41. The first-order valence-electron chi connectivity index (χ1n) is 10.8. The van der Waals surface area contributed by atoms with Gasteiger partial charge in [0.1, 0.15) is 5.82 Å². The molecule has 1 heterocycles. The van der Waals surface area contributed by atoms with Gasteiger partial charge in [0.25, 0.3) is 5.91 Å². The molecule has 0 unspecified atom stereocenters. The Kier molecular flexibility index (Phi) is 8.85. The van der Waals surface area contributed by atoms with Crippen molar-refractivity contribution in [3.63, 3.8) is 0 Å². The third kappa shape index (κ3) is 6.62. The zero-order chi connectivity index (χ0) is 23.3. The number of aromatic nitrogens is 3. The van der Waals surface area contributed by atoms with Crippen LogP contribution in [-0.4, -0.2) is 38.8 Å². The number of benzene rings is 1. The van der Waals surface area contributed by atoms with E-state index in [1.807, 2.05) is 13.8 Å². The summed E-state index contributed by atoms with van der Waals surface area (Å²) in [6, 6.07) is 4.60. The summed E-state index contributed by atoms with van der Waals surface area (Å²) in [6.07, 6.45) is 4.60. The normalized spacial score (nSPS) is 19.6. The molecule has 3 atom stereocenters. The molecule has 2 amide bonds. The second-order valence-corrected chi connectivity index (χ2v) is 10.3. The van der Waals surface area contributed by atoms with E-state index in [4.69, 9.17) is 23.2 Å². The fraction of sp³-hybridized carbons (Fsp3) is 0.545. The van der Waals surface area contributed by atoms with Gasteiger partial charge in [-0.15, -0.1) is 5.10 Å². The van der Waals surface area contributed by atoms with Crippen LogP contribution in [0.15, 0.2) is 23.4 Å². The molecule has 0 aliphatic heterocycles. The molecule has 0 bridgehead atoms. The Labute approximate surface area is 202 Å². The monoisotopic (exact) mass is 497 g/mol.